The number of thiophene rings is 1. The summed E-state index contributed by atoms with van der Waals surface area (Å²) in [7, 11) is -7.72. The lowest BCUT2D eigenvalue weighted by Gasteiger charge is -2.06. The standard InChI is InChI=1S/C15H17N3O5S4/c1-2-23-8-7-18-12-6-5-11(26(16,19)20)10-13(12)25-15(18)17-27(21,22)14-4-3-9-24-14/h3-6,9-10H,2,7-8H2,1H3,(H2,16,19,20)/b17-15-. The number of ether oxygens (including phenoxy) is 1. The molecule has 0 spiro atoms. The van der Waals surface area contributed by atoms with Gasteiger partial charge in [-0.2, -0.15) is 8.42 Å². The molecule has 12 heteroatoms. The van der Waals surface area contributed by atoms with Crippen LogP contribution in [0, 0.1) is 0 Å². The molecule has 0 fully saturated rings. The van der Waals surface area contributed by atoms with Crippen molar-refractivity contribution >= 4 is 52.9 Å². The van der Waals surface area contributed by atoms with Crippen LogP contribution >= 0.6 is 22.7 Å². The van der Waals surface area contributed by atoms with Crippen molar-refractivity contribution in [1.29, 1.82) is 0 Å². The number of nitrogens with zero attached hydrogens (tertiary/aromatic N) is 2. The number of aromatic nitrogens is 1. The summed E-state index contributed by atoms with van der Waals surface area (Å²) < 4.78 is 60.0. The summed E-state index contributed by atoms with van der Waals surface area (Å²) in [6, 6.07) is 7.52. The third-order valence-corrected chi connectivity index (χ3v) is 8.30. The molecule has 0 aliphatic heterocycles. The fourth-order valence-electron chi connectivity index (χ4n) is 2.37. The van der Waals surface area contributed by atoms with Gasteiger partial charge in [0.05, 0.1) is 21.7 Å². The monoisotopic (exact) mass is 447 g/mol. The number of fused-ring (bicyclic) bond motifs is 1. The second-order valence-electron chi connectivity index (χ2n) is 5.41. The van der Waals surface area contributed by atoms with Crippen LogP contribution in [-0.2, 0) is 31.3 Å². The number of benzene rings is 1. The number of primary sulfonamides is 1. The molecule has 1 aromatic carbocycles. The van der Waals surface area contributed by atoms with Crippen molar-refractivity contribution in [3.05, 3.63) is 40.5 Å². The molecule has 0 saturated heterocycles. The van der Waals surface area contributed by atoms with Gasteiger partial charge in [-0.1, -0.05) is 17.4 Å². The average Bonchev–Trinajstić information content (AvgIpc) is 3.22. The average molecular weight is 448 g/mol. The zero-order valence-corrected chi connectivity index (χ0v) is 17.5. The number of hydrogen-bond donors (Lipinski definition) is 1. The first kappa shape index (κ1) is 20.2. The molecular weight excluding hydrogens is 430 g/mol. The van der Waals surface area contributed by atoms with E-state index in [2.05, 4.69) is 4.40 Å². The van der Waals surface area contributed by atoms with Crippen LogP contribution in [0.2, 0.25) is 0 Å². The van der Waals surface area contributed by atoms with Crippen molar-refractivity contribution in [2.45, 2.75) is 22.6 Å². The molecule has 0 amide bonds. The summed E-state index contributed by atoms with van der Waals surface area (Å²) in [4.78, 5) is 0.200. The molecule has 3 aromatic rings. The first-order chi connectivity index (χ1) is 12.7. The Balaban J connectivity index is 2.20. The highest BCUT2D eigenvalue weighted by Crippen LogP contribution is 2.23. The molecule has 0 aliphatic rings. The van der Waals surface area contributed by atoms with Gasteiger partial charge in [0.2, 0.25) is 14.8 Å². The quantitative estimate of drug-likeness (QED) is 0.553. The topological polar surface area (TPSA) is 121 Å². The van der Waals surface area contributed by atoms with Gasteiger partial charge in [-0.15, -0.1) is 15.7 Å². The highest BCUT2D eigenvalue weighted by molar-refractivity contribution is 7.92. The summed E-state index contributed by atoms with van der Waals surface area (Å²) in [5.74, 6) is 0. The Morgan fingerprint density at radius 1 is 1.22 bits per heavy atom. The van der Waals surface area contributed by atoms with Gasteiger partial charge >= 0.3 is 0 Å². The van der Waals surface area contributed by atoms with E-state index in [-0.39, 0.29) is 13.9 Å². The maximum atomic E-state index is 12.5. The maximum absolute atomic E-state index is 12.5. The van der Waals surface area contributed by atoms with Crippen LogP contribution in [0.5, 0.6) is 0 Å². The lowest BCUT2D eigenvalue weighted by molar-refractivity contribution is 0.139. The summed E-state index contributed by atoms with van der Waals surface area (Å²) in [6.45, 7) is 3.13. The maximum Gasteiger partial charge on any atom is 0.294 e. The van der Waals surface area contributed by atoms with Crippen molar-refractivity contribution in [3.8, 4) is 0 Å². The van der Waals surface area contributed by atoms with E-state index in [4.69, 9.17) is 9.88 Å². The van der Waals surface area contributed by atoms with E-state index in [0.717, 1.165) is 22.7 Å². The van der Waals surface area contributed by atoms with E-state index >= 15 is 0 Å². The van der Waals surface area contributed by atoms with E-state index < -0.39 is 20.0 Å². The van der Waals surface area contributed by atoms with Crippen molar-refractivity contribution in [2.75, 3.05) is 13.2 Å². The molecule has 3 rings (SSSR count). The Labute approximate surface area is 164 Å². The number of thiazole rings is 1. The Hall–Kier alpha value is -1.57. The molecule has 0 bridgehead atoms. The van der Waals surface area contributed by atoms with E-state index in [1.165, 1.54) is 18.2 Å². The summed E-state index contributed by atoms with van der Waals surface area (Å²) in [5, 5.41) is 6.85. The third-order valence-electron chi connectivity index (χ3n) is 3.59. The predicted octanol–water partition coefficient (Wildman–Crippen LogP) is 1.74. The Bertz CT molecular complexity index is 1220. The molecular formula is C15H17N3O5S4. The first-order valence-corrected chi connectivity index (χ1v) is 12.5. The lowest BCUT2D eigenvalue weighted by Crippen LogP contribution is -2.19. The molecule has 0 aliphatic carbocycles. The van der Waals surface area contributed by atoms with E-state index in [0.29, 0.717) is 30.0 Å². The highest BCUT2D eigenvalue weighted by atomic mass is 32.2. The Morgan fingerprint density at radius 2 is 2.00 bits per heavy atom. The molecule has 0 radical (unpaired) electrons. The molecule has 0 saturated carbocycles. The summed E-state index contributed by atoms with van der Waals surface area (Å²) >= 11 is 2.16. The van der Waals surface area contributed by atoms with Crippen LogP contribution in [-0.4, -0.2) is 34.6 Å². The molecule has 0 atom stereocenters. The van der Waals surface area contributed by atoms with Crippen molar-refractivity contribution in [3.63, 3.8) is 0 Å². The molecule has 0 unspecified atom stereocenters. The summed E-state index contributed by atoms with van der Waals surface area (Å²) in [6.07, 6.45) is 0. The minimum Gasteiger partial charge on any atom is -0.380 e. The van der Waals surface area contributed by atoms with Crippen LogP contribution in [0.4, 0.5) is 0 Å². The third kappa shape index (κ3) is 4.47. The first-order valence-electron chi connectivity index (χ1n) is 7.81. The van der Waals surface area contributed by atoms with Gasteiger partial charge in [0.1, 0.15) is 4.21 Å². The molecule has 8 nitrogen and oxygen atoms in total. The predicted molar refractivity (Wildman–Crippen MR) is 105 cm³/mol. The summed E-state index contributed by atoms with van der Waals surface area (Å²) in [5.41, 5.74) is 0.659. The SMILES string of the molecule is CCOCCn1/c(=N/S(=O)(=O)c2cccs2)sc2cc(S(N)(=O)=O)ccc21. The van der Waals surface area contributed by atoms with E-state index in [1.54, 1.807) is 22.1 Å². The van der Waals surface area contributed by atoms with E-state index in [1.807, 2.05) is 6.92 Å². The number of sulfonamides is 2. The number of nitrogens with two attached hydrogens (primary N) is 1. The molecule has 2 aromatic heterocycles. The molecule has 27 heavy (non-hydrogen) atoms. The van der Waals surface area contributed by atoms with E-state index in [9.17, 15) is 16.8 Å². The van der Waals surface area contributed by atoms with Gasteiger partial charge in [-0.25, -0.2) is 13.6 Å². The molecule has 146 valence electrons. The van der Waals surface area contributed by atoms with Gasteiger partial charge in [-0.05, 0) is 36.6 Å². The number of rotatable bonds is 7. The van der Waals surface area contributed by atoms with Crippen LogP contribution < -0.4 is 9.94 Å². The van der Waals surface area contributed by atoms with Gasteiger partial charge in [0, 0.05) is 13.2 Å². The largest absolute Gasteiger partial charge is 0.380 e. The highest BCUT2D eigenvalue weighted by Gasteiger charge is 2.17. The number of hydrogen-bond acceptors (Lipinski definition) is 7. The van der Waals surface area contributed by atoms with Crippen LogP contribution in [0.3, 0.4) is 0 Å². The van der Waals surface area contributed by atoms with Crippen molar-refractivity contribution < 1.29 is 21.6 Å². The zero-order chi connectivity index (χ0) is 19.7. The molecule has 2 N–H and O–H groups in total. The fraction of sp³-hybridized carbons (Fsp3) is 0.267. The van der Waals surface area contributed by atoms with Gasteiger partial charge in [0.15, 0.2) is 0 Å². The second-order valence-corrected chi connectivity index (χ2v) is 10.8. The van der Waals surface area contributed by atoms with Crippen LogP contribution in [0.1, 0.15) is 6.92 Å². The molecule has 2 heterocycles. The fourth-order valence-corrected chi connectivity index (χ4v) is 6.26. The van der Waals surface area contributed by atoms with Gasteiger partial charge in [0.25, 0.3) is 10.0 Å². The van der Waals surface area contributed by atoms with Crippen LogP contribution in [0.25, 0.3) is 10.2 Å². The second kappa shape index (κ2) is 7.81. The minimum absolute atomic E-state index is 0.0409. The van der Waals surface area contributed by atoms with Crippen LogP contribution in [0.15, 0.2) is 49.2 Å². The zero-order valence-electron chi connectivity index (χ0n) is 14.2. The van der Waals surface area contributed by atoms with Gasteiger partial charge in [-0.3, -0.25) is 0 Å². The van der Waals surface area contributed by atoms with Crippen molar-refractivity contribution in [1.82, 2.24) is 4.57 Å². The van der Waals surface area contributed by atoms with Gasteiger partial charge < -0.3 is 9.30 Å². The Kier molecular flexibility index (Phi) is 5.84. The normalized spacial score (nSPS) is 13.5. The lowest BCUT2D eigenvalue weighted by atomic mass is 10.3. The van der Waals surface area contributed by atoms with Crippen molar-refractivity contribution in [2.24, 2.45) is 9.54 Å². The smallest absolute Gasteiger partial charge is 0.294 e. The minimum atomic E-state index is -3.86. The Morgan fingerprint density at radius 3 is 2.63 bits per heavy atom.